The third-order valence-electron chi connectivity index (χ3n) is 5.91. The number of methoxy groups -OCH3 is 2. The molecule has 0 aliphatic carbocycles. The van der Waals surface area contributed by atoms with Crippen LogP contribution in [0.25, 0.3) is 5.57 Å². The van der Waals surface area contributed by atoms with Gasteiger partial charge in [0.2, 0.25) is 0 Å². The van der Waals surface area contributed by atoms with Crippen LogP contribution in [0.4, 0.5) is 5.69 Å². The van der Waals surface area contributed by atoms with Crippen LogP contribution in [0, 0.1) is 5.92 Å². The van der Waals surface area contributed by atoms with E-state index in [-0.39, 0.29) is 12.5 Å². The van der Waals surface area contributed by atoms with E-state index in [0.717, 1.165) is 12.8 Å². The fraction of sp³-hybridized carbons (Fsp3) is 0.333. The molecule has 1 unspecified atom stereocenters. The van der Waals surface area contributed by atoms with Gasteiger partial charge in [-0.3, -0.25) is 9.59 Å². The average molecular weight is 457 g/mol. The summed E-state index contributed by atoms with van der Waals surface area (Å²) in [7, 11) is 3.02. The summed E-state index contributed by atoms with van der Waals surface area (Å²) in [5.74, 6) is 0.172. The van der Waals surface area contributed by atoms with Crippen molar-refractivity contribution in [1.29, 1.82) is 0 Å². The number of ether oxygens (including phenoxy) is 2. The third-order valence-corrected chi connectivity index (χ3v) is 6.16. The van der Waals surface area contributed by atoms with E-state index in [2.05, 4.69) is 0 Å². The van der Waals surface area contributed by atoms with Gasteiger partial charge < -0.3 is 19.5 Å². The summed E-state index contributed by atoms with van der Waals surface area (Å²) in [6, 6.07) is 11.8. The number of amides is 2. The first-order valence-corrected chi connectivity index (χ1v) is 10.8. The first kappa shape index (κ1) is 22.2. The number of rotatable bonds is 6. The van der Waals surface area contributed by atoms with Crippen LogP contribution in [0.1, 0.15) is 18.4 Å². The second kappa shape index (κ2) is 9.22. The van der Waals surface area contributed by atoms with Crippen LogP contribution in [0.5, 0.6) is 11.5 Å². The largest absolute Gasteiger partial charge is 0.493 e. The highest BCUT2D eigenvalue weighted by Gasteiger charge is 2.43. The van der Waals surface area contributed by atoms with Crippen LogP contribution in [-0.2, 0) is 9.59 Å². The first-order chi connectivity index (χ1) is 15.5. The summed E-state index contributed by atoms with van der Waals surface area (Å²) in [4.78, 5) is 30.4. The smallest absolute Gasteiger partial charge is 0.282 e. The fourth-order valence-corrected chi connectivity index (χ4v) is 4.43. The Hall–Kier alpha value is -3.03. The maximum atomic E-state index is 13.7. The fourth-order valence-electron chi connectivity index (χ4n) is 4.30. The predicted octanol–water partition coefficient (Wildman–Crippen LogP) is 3.35. The van der Waals surface area contributed by atoms with Crippen molar-refractivity contribution in [2.24, 2.45) is 5.92 Å². The van der Waals surface area contributed by atoms with Crippen LogP contribution in [-0.4, -0.2) is 55.7 Å². The van der Waals surface area contributed by atoms with Crippen molar-refractivity contribution in [3.63, 3.8) is 0 Å². The van der Waals surface area contributed by atoms with Gasteiger partial charge in [-0.25, -0.2) is 4.90 Å². The molecule has 1 atom stereocenters. The van der Waals surface area contributed by atoms with Gasteiger partial charge in [-0.1, -0.05) is 23.7 Å². The van der Waals surface area contributed by atoms with Crippen LogP contribution in [0.15, 0.2) is 48.2 Å². The third kappa shape index (κ3) is 3.94. The zero-order chi connectivity index (χ0) is 22.8. The van der Waals surface area contributed by atoms with Crippen molar-refractivity contribution >= 4 is 34.7 Å². The Morgan fingerprint density at radius 1 is 1.03 bits per heavy atom. The zero-order valence-electron chi connectivity index (χ0n) is 18.0. The summed E-state index contributed by atoms with van der Waals surface area (Å²) in [6.45, 7) is 1.20. The van der Waals surface area contributed by atoms with Gasteiger partial charge in [-0.2, -0.15) is 0 Å². The lowest BCUT2D eigenvalue weighted by Gasteiger charge is -2.34. The Kier molecular flexibility index (Phi) is 6.39. The Morgan fingerprint density at radius 2 is 1.75 bits per heavy atom. The van der Waals surface area contributed by atoms with Gasteiger partial charge in [-0.15, -0.1) is 0 Å². The summed E-state index contributed by atoms with van der Waals surface area (Å²) in [5, 5.41) is 10.2. The molecule has 1 saturated heterocycles. The Bertz CT molecular complexity index is 1070. The molecule has 2 aromatic rings. The summed E-state index contributed by atoms with van der Waals surface area (Å²) in [5.41, 5.74) is 1.71. The van der Waals surface area contributed by atoms with E-state index in [4.69, 9.17) is 21.1 Å². The molecule has 2 aromatic carbocycles. The van der Waals surface area contributed by atoms with Crippen molar-refractivity contribution in [3.8, 4) is 11.5 Å². The van der Waals surface area contributed by atoms with Gasteiger partial charge in [0.15, 0.2) is 11.5 Å². The van der Waals surface area contributed by atoms with Crippen LogP contribution in [0.3, 0.4) is 0 Å². The van der Waals surface area contributed by atoms with Crippen molar-refractivity contribution in [3.05, 3.63) is 58.7 Å². The summed E-state index contributed by atoms with van der Waals surface area (Å²) < 4.78 is 10.6. The number of piperidine rings is 1. The number of aliphatic hydroxyl groups is 1. The Morgan fingerprint density at radius 3 is 2.41 bits per heavy atom. The molecule has 2 amide bonds. The van der Waals surface area contributed by atoms with Gasteiger partial charge in [0, 0.05) is 30.8 Å². The van der Waals surface area contributed by atoms with Gasteiger partial charge >= 0.3 is 0 Å². The maximum absolute atomic E-state index is 13.7. The standard InChI is InChI=1S/C24H25ClN2O5/c1-31-19-10-9-18(12-20(19)32-2)27-23(29)21(16-5-7-17(25)8-6-16)22(24(27)30)26-11-3-4-15(13-26)14-28/h5-10,12,15,28H,3-4,11,13-14H2,1-2H3. The molecule has 2 aliphatic heterocycles. The number of anilines is 1. The topological polar surface area (TPSA) is 79.3 Å². The molecular formula is C24H25ClN2O5. The molecule has 2 aliphatic rings. The first-order valence-electron chi connectivity index (χ1n) is 10.4. The van der Waals surface area contributed by atoms with Gasteiger partial charge in [0.25, 0.3) is 11.8 Å². The average Bonchev–Trinajstić information content (AvgIpc) is 3.09. The van der Waals surface area contributed by atoms with Crippen molar-refractivity contribution in [1.82, 2.24) is 4.90 Å². The highest BCUT2D eigenvalue weighted by molar-refractivity contribution is 6.45. The van der Waals surface area contributed by atoms with Gasteiger partial charge in [0.1, 0.15) is 5.70 Å². The number of halogens is 1. The molecule has 8 heteroatoms. The molecule has 1 N–H and O–H groups in total. The summed E-state index contributed by atoms with van der Waals surface area (Å²) in [6.07, 6.45) is 1.72. The number of carbonyl (C=O) groups excluding carboxylic acids is 2. The number of hydrogen-bond donors (Lipinski definition) is 1. The van der Waals surface area contributed by atoms with E-state index in [0.29, 0.717) is 52.1 Å². The molecule has 1 fully saturated rings. The highest BCUT2D eigenvalue weighted by atomic mass is 35.5. The van der Waals surface area contributed by atoms with Crippen LogP contribution < -0.4 is 14.4 Å². The minimum absolute atomic E-state index is 0.0432. The Balaban J connectivity index is 1.80. The van der Waals surface area contributed by atoms with Crippen LogP contribution in [0.2, 0.25) is 5.02 Å². The second-order valence-electron chi connectivity index (χ2n) is 7.85. The number of aliphatic hydroxyl groups excluding tert-OH is 1. The molecule has 4 rings (SSSR count). The molecule has 0 saturated carbocycles. The molecule has 0 spiro atoms. The van der Waals surface area contributed by atoms with Gasteiger partial charge in [-0.05, 0) is 48.6 Å². The molecule has 0 bridgehead atoms. The molecule has 32 heavy (non-hydrogen) atoms. The molecule has 168 valence electrons. The minimum Gasteiger partial charge on any atom is -0.493 e. The highest BCUT2D eigenvalue weighted by Crippen LogP contribution is 2.39. The van der Waals surface area contributed by atoms with Crippen molar-refractivity contribution in [2.75, 3.05) is 38.8 Å². The van der Waals surface area contributed by atoms with Crippen molar-refractivity contribution < 1.29 is 24.2 Å². The maximum Gasteiger partial charge on any atom is 0.282 e. The lowest BCUT2D eigenvalue weighted by atomic mass is 9.97. The number of nitrogens with zero attached hydrogens (tertiary/aromatic N) is 2. The molecule has 0 radical (unpaired) electrons. The number of likely N-dealkylation sites (tertiary alicyclic amines) is 1. The van der Waals surface area contributed by atoms with E-state index in [9.17, 15) is 14.7 Å². The zero-order valence-corrected chi connectivity index (χ0v) is 18.8. The van der Waals surface area contributed by atoms with E-state index < -0.39 is 11.8 Å². The number of hydrogen-bond acceptors (Lipinski definition) is 6. The van der Waals surface area contributed by atoms with Crippen LogP contribution >= 0.6 is 11.6 Å². The van der Waals surface area contributed by atoms with E-state index in [1.807, 2.05) is 4.90 Å². The minimum atomic E-state index is -0.411. The second-order valence-corrected chi connectivity index (χ2v) is 8.29. The quantitative estimate of drug-likeness (QED) is 0.671. The van der Waals surface area contributed by atoms with E-state index in [1.165, 1.54) is 19.1 Å². The molecular weight excluding hydrogens is 432 g/mol. The van der Waals surface area contributed by atoms with E-state index in [1.54, 1.807) is 42.5 Å². The number of carbonyl (C=O) groups is 2. The number of benzene rings is 2. The SMILES string of the molecule is COc1ccc(N2C(=O)C(c3ccc(Cl)cc3)=C(N3CCCC(CO)C3)C2=O)cc1OC. The lowest BCUT2D eigenvalue weighted by Crippen LogP contribution is -2.40. The predicted molar refractivity (Wildman–Crippen MR) is 122 cm³/mol. The summed E-state index contributed by atoms with van der Waals surface area (Å²) >= 11 is 6.05. The normalized spacial score (nSPS) is 19.1. The molecule has 0 aromatic heterocycles. The van der Waals surface area contributed by atoms with E-state index >= 15 is 0 Å². The number of imide groups is 1. The monoisotopic (exact) mass is 456 g/mol. The Labute approximate surface area is 191 Å². The lowest BCUT2D eigenvalue weighted by molar-refractivity contribution is -0.120. The van der Waals surface area contributed by atoms with Gasteiger partial charge in [0.05, 0.1) is 25.5 Å². The molecule has 7 nitrogen and oxygen atoms in total. The molecule has 2 heterocycles. The van der Waals surface area contributed by atoms with Crippen molar-refractivity contribution in [2.45, 2.75) is 12.8 Å².